The molecule has 0 spiro atoms. The largest absolute Gasteiger partial charge is 0.393 e. The van der Waals surface area contributed by atoms with Crippen molar-refractivity contribution in [3.8, 4) is 0 Å². The molecule has 3 N–H and O–H groups in total. The molecular weight excluding hydrogens is 310 g/mol. The van der Waals surface area contributed by atoms with Crippen LogP contribution in [0.3, 0.4) is 0 Å². The minimum Gasteiger partial charge on any atom is -0.393 e. The predicted molar refractivity (Wildman–Crippen MR) is 95.0 cm³/mol. The van der Waals surface area contributed by atoms with Crippen molar-refractivity contribution in [3.05, 3.63) is 35.9 Å². The van der Waals surface area contributed by atoms with Crippen LogP contribution in [0.4, 0.5) is 17.3 Å². The molecular formula is C16H21N5OS. The zero-order chi connectivity index (χ0) is 16.1. The fourth-order valence-corrected chi connectivity index (χ4v) is 3.23. The topological polar surface area (TPSA) is 76.3 Å². The lowest BCUT2D eigenvalue weighted by Gasteiger charge is -2.29. The SMILES string of the molecule is CNc1nc(SCc2ccccc2)nc(N2CCOCC2)c1N. The third kappa shape index (κ3) is 3.86. The maximum atomic E-state index is 6.22. The third-order valence-electron chi connectivity index (χ3n) is 3.66. The molecule has 1 aliphatic rings. The van der Waals surface area contributed by atoms with Crippen LogP contribution in [0.1, 0.15) is 5.56 Å². The zero-order valence-electron chi connectivity index (χ0n) is 13.2. The quantitative estimate of drug-likeness (QED) is 0.642. The standard InChI is InChI=1S/C16H21N5OS/c1-18-14-13(17)15(21-7-9-22-10-8-21)20-16(19-14)23-11-12-5-3-2-4-6-12/h2-6H,7-11,17H2,1H3,(H,18,19,20). The lowest BCUT2D eigenvalue weighted by molar-refractivity contribution is 0.122. The molecule has 1 saturated heterocycles. The van der Waals surface area contributed by atoms with Crippen LogP contribution in [0, 0.1) is 0 Å². The monoisotopic (exact) mass is 331 g/mol. The molecule has 122 valence electrons. The van der Waals surface area contributed by atoms with Gasteiger partial charge in [-0.2, -0.15) is 0 Å². The highest BCUT2D eigenvalue weighted by Gasteiger charge is 2.19. The van der Waals surface area contributed by atoms with Crippen LogP contribution < -0.4 is 16.0 Å². The van der Waals surface area contributed by atoms with Crippen molar-refractivity contribution in [2.75, 3.05) is 49.3 Å². The highest BCUT2D eigenvalue weighted by Crippen LogP contribution is 2.31. The number of thioether (sulfide) groups is 1. The van der Waals surface area contributed by atoms with Gasteiger partial charge in [0.05, 0.1) is 13.2 Å². The fourth-order valence-electron chi connectivity index (χ4n) is 2.43. The molecule has 2 aromatic rings. The maximum Gasteiger partial charge on any atom is 0.191 e. The van der Waals surface area contributed by atoms with Crippen molar-refractivity contribution < 1.29 is 4.74 Å². The first-order valence-corrected chi connectivity index (χ1v) is 8.61. The molecule has 0 atom stereocenters. The van der Waals surface area contributed by atoms with Crippen molar-refractivity contribution in [1.29, 1.82) is 0 Å². The molecule has 1 aliphatic heterocycles. The Kier molecular flexibility index (Phi) is 5.19. The number of nitrogens with two attached hydrogens (primary N) is 1. The van der Waals surface area contributed by atoms with Gasteiger partial charge in [-0.15, -0.1) is 0 Å². The number of hydrogen-bond donors (Lipinski definition) is 2. The van der Waals surface area contributed by atoms with E-state index >= 15 is 0 Å². The molecule has 0 radical (unpaired) electrons. The van der Waals surface area contributed by atoms with E-state index in [4.69, 9.17) is 10.5 Å². The summed E-state index contributed by atoms with van der Waals surface area (Å²) < 4.78 is 5.41. The van der Waals surface area contributed by atoms with E-state index in [0.717, 1.165) is 29.8 Å². The van der Waals surface area contributed by atoms with E-state index in [-0.39, 0.29) is 0 Å². The fraction of sp³-hybridized carbons (Fsp3) is 0.375. The minimum absolute atomic E-state index is 0.596. The van der Waals surface area contributed by atoms with Gasteiger partial charge in [0.1, 0.15) is 5.69 Å². The van der Waals surface area contributed by atoms with Crippen molar-refractivity contribution in [2.24, 2.45) is 0 Å². The molecule has 1 fully saturated rings. The predicted octanol–water partition coefficient (Wildman–Crippen LogP) is 2.23. The van der Waals surface area contributed by atoms with Gasteiger partial charge in [0, 0.05) is 25.9 Å². The lowest BCUT2D eigenvalue weighted by Crippen LogP contribution is -2.37. The second kappa shape index (κ2) is 7.52. The number of rotatable bonds is 5. The smallest absolute Gasteiger partial charge is 0.191 e. The Hall–Kier alpha value is -1.99. The Balaban J connectivity index is 1.82. The molecule has 1 aromatic heterocycles. The van der Waals surface area contributed by atoms with Gasteiger partial charge in [-0.25, -0.2) is 9.97 Å². The van der Waals surface area contributed by atoms with Crippen LogP contribution in [-0.4, -0.2) is 43.3 Å². The molecule has 0 aliphatic carbocycles. The van der Waals surface area contributed by atoms with Crippen molar-refractivity contribution in [2.45, 2.75) is 10.9 Å². The number of hydrogen-bond acceptors (Lipinski definition) is 7. The molecule has 0 bridgehead atoms. The molecule has 2 heterocycles. The maximum absolute atomic E-state index is 6.22. The van der Waals surface area contributed by atoms with E-state index in [2.05, 4.69) is 32.3 Å². The third-order valence-corrected chi connectivity index (χ3v) is 4.58. The van der Waals surface area contributed by atoms with Crippen LogP contribution in [0.5, 0.6) is 0 Å². The molecule has 0 saturated carbocycles. The second-order valence-electron chi connectivity index (χ2n) is 5.22. The summed E-state index contributed by atoms with van der Waals surface area (Å²) in [6.45, 7) is 3.00. The second-order valence-corrected chi connectivity index (χ2v) is 6.16. The molecule has 23 heavy (non-hydrogen) atoms. The van der Waals surface area contributed by atoms with E-state index in [0.29, 0.717) is 24.7 Å². The van der Waals surface area contributed by atoms with Gasteiger partial charge in [0.2, 0.25) is 0 Å². The van der Waals surface area contributed by atoms with Crippen LogP contribution in [0.15, 0.2) is 35.5 Å². The molecule has 6 nitrogen and oxygen atoms in total. The van der Waals surface area contributed by atoms with Crippen molar-refractivity contribution in [1.82, 2.24) is 9.97 Å². The number of nitrogens with zero attached hydrogens (tertiary/aromatic N) is 3. The average Bonchev–Trinajstić information content (AvgIpc) is 2.62. The average molecular weight is 331 g/mol. The number of anilines is 3. The van der Waals surface area contributed by atoms with E-state index in [1.165, 1.54) is 5.56 Å². The first kappa shape index (κ1) is 15.9. The number of nitrogen functional groups attached to an aromatic ring is 1. The molecule has 7 heteroatoms. The summed E-state index contributed by atoms with van der Waals surface area (Å²) in [4.78, 5) is 11.4. The van der Waals surface area contributed by atoms with Crippen molar-refractivity contribution in [3.63, 3.8) is 0 Å². The minimum atomic E-state index is 0.596. The van der Waals surface area contributed by atoms with Crippen molar-refractivity contribution >= 4 is 29.1 Å². The van der Waals surface area contributed by atoms with E-state index < -0.39 is 0 Å². The summed E-state index contributed by atoms with van der Waals surface area (Å²) in [5.41, 5.74) is 8.06. The van der Waals surface area contributed by atoms with Gasteiger partial charge >= 0.3 is 0 Å². The van der Waals surface area contributed by atoms with Crippen LogP contribution in [-0.2, 0) is 10.5 Å². The summed E-state index contributed by atoms with van der Waals surface area (Å²) in [7, 11) is 1.83. The van der Waals surface area contributed by atoms with E-state index in [9.17, 15) is 0 Å². The Morgan fingerprint density at radius 1 is 1.22 bits per heavy atom. The van der Waals surface area contributed by atoms with Crippen LogP contribution >= 0.6 is 11.8 Å². The summed E-state index contributed by atoms with van der Waals surface area (Å²) in [5, 5.41) is 3.80. The number of aromatic nitrogens is 2. The molecule has 0 unspecified atom stereocenters. The van der Waals surface area contributed by atoms with E-state index in [1.807, 2.05) is 25.2 Å². The van der Waals surface area contributed by atoms with Crippen LogP contribution in [0.25, 0.3) is 0 Å². The van der Waals surface area contributed by atoms with Crippen LogP contribution in [0.2, 0.25) is 0 Å². The normalized spacial score (nSPS) is 14.7. The first-order chi connectivity index (χ1) is 11.3. The highest BCUT2D eigenvalue weighted by atomic mass is 32.2. The van der Waals surface area contributed by atoms with Gasteiger partial charge in [-0.3, -0.25) is 0 Å². The summed E-state index contributed by atoms with van der Waals surface area (Å²) in [5.74, 6) is 2.30. The number of nitrogens with one attached hydrogen (secondary N) is 1. The Morgan fingerprint density at radius 2 is 1.96 bits per heavy atom. The molecule has 3 rings (SSSR count). The first-order valence-electron chi connectivity index (χ1n) is 7.62. The van der Waals surface area contributed by atoms with Gasteiger partial charge < -0.3 is 20.7 Å². The lowest BCUT2D eigenvalue weighted by atomic mass is 10.2. The number of ether oxygens (including phenoxy) is 1. The van der Waals surface area contributed by atoms with Gasteiger partial charge in [-0.05, 0) is 5.56 Å². The zero-order valence-corrected chi connectivity index (χ0v) is 14.0. The Bertz CT molecular complexity index is 646. The number of morpholine rings is 1. The van der Waals surface area contributed by atoms with Gasteiger partial charge in [-0.1, -0.05) is 42.1 Å². The highest BCUT2D eigenvalue weighted by molar-refractivity contribution is 7.98. The number of benzene rings is 1. The summed E-state index contributed by atoms with van der Waals surface area (Å²) in [6.07, 6.45) is 0. The molecule has 1 aromatic carbocycles. The van der Waals surface area contributed by atoms with E-state index in [1.54, 1.807) is 11.8 Å². The summed E-state index contributed by atoms with van der Waals surface area (Å²) in [6, 6.07) is 10.3. The Labute approximate surface area is 140 Å². The van der Waals surface area contributed by atoms with Gasteiger partial charge in [0.15, 0.2) is 16.8 Å². The summed E-state index contributed by atoms with van der Waals surface area (Å²) >= 11 is 1.61. The van der Waals surface area contributed by atoms with Gasteiger partial charge in [0.25, 0.3) is 0 Å². The molecule has 0 amide bonds. The Morgan fingerprint density at radius 3 is 2.65 bits per heavy atom.